The number of hydrogen-bond acceptors (Lipinski definition) is 6. The van der Waals surface area contributed by atoms with Crippen molar-refractivity contribution in [3.05, 3.63) is 0 Å². The molecule has 0 bridgehead atoms. The fourth-order valence-corrected chi connectivity index (χ4v) is 5.89. The van der Waals surface area contributed by atoms with Crippen LogP contribution in [0.15, 0.2) is 0 Å². The van der Waals surface area contributed by atoms with Crippen LogP contribution >= 0.6 is 0 Å². The third-order valence-corrected chi connectivity index (χ3v) is 7.24. The van der Waals surface area contributed by atoms with Crippen LogP contribution in [0.2, 0.25) is 6.04 Å². The van der Waals surface area contributed by atoms with E-state index in [4.69, 9.17) is 27.2 Å². The summed E-state index contributed by atoms with van der Waals surface area (Å²) in [5.41, 5.74) is 0. The van der Waals surface area contributed by atoms with Crippen molar-refractivity contribution >= 4 is 18.6 Å². The lowest BCUT2D eigenvalue weighted by atomic mass is 10.5. The van der Waals surface area contributed by atoms with E-state index in [1.54, 1.807) is 0 Å². The van der Waals surface area contributed by atoms with E-state index in [1.165, 1.54) is 0 Å². The minimum absolute atomic E-state index is 0.150. The molecule has 0 heterocycles. The molecular formula is C14H34O6Si2. The largest absolute Gasteiger partial charge is 0.501 e. The van der Waals surface area contributed by atoms with E-state index in [2.05, 4.69) is 0 Å². The van der Waals surface area contributed by atoms with Crippen LogP contribution in [0, 0.1) is 0 Å². The van der Waals surface area contributed by atoms with Crippen LogP contribution < -0.4 is 0 Å². The Labute approximate surface area is 139 Å². The van der Waals surface area contributed by atoms with Gasteiger partial charge < -0.3 is 27.2 Å². The Morgan fingerprint density at radius 1 is 0.773 bits per heavy atom. The van der Waals surface area contributed by atoms with Crippen LogP contribution in [0.5, 0.6) is 0 Å². The standard InChI is InChI=1S/C14H34O6Si2/c1-6-15-14(16-7-2)21-17-12-11-13-22(18-8-3,19-9-4)20-10-5/h14H,6-13,21H2,1-5H3. The maximum absolute atomic E-state index is 5.82. The van der Waals surface area contributed by atoms with Crippen LogP contribution in [0.3, 0.4) is 0 Å². The number of hydrogen-bond donors (Lipinski definition) is 0. The Morgan fingerprint density at radius 3 is 1.68 bits per heavy atom. The minimum atomic E-state index is -2.53. The highest BCUT2D eigenvalue weighted by molar-refractivity contribution is 6.60. The lowest BCUT2D eigenvalue weighted by molar-refractivity contribution is -0.0899. The molecule has 0 unspecified atom stereocenters. The molecule has 0 N–H and O–H groups in total. The predicted octanol–water partition coefficient (Wildman–Crippen LogP) is 1.88. The van der Waals surface area contributed by atoms with E-state index in [0.29, 0.717) is 39.6 Å². The Hall–Kier alpha value is 0.194. The Morgan fingerprint density at radius 2 is 1.27 bits per heavy atom. The fourth-order valence-electron chi connectivity index (χ4n) is 2.09. The first-order valence-electron chi connectivity index (χ1n) is 8.40. The zero-order valence-corrected chi connectivity index (χ0v) is 17.3. The summed E-state index contributed by atoms with van der Waals surface area (Å²) in [7, 11) is -3.38. The molecule has 0 saturated carbocycles. The highest BCUT2D eigenvalue weighted by atomic mass is 28.4. The van der Waals surface area contributed by atoms with Gasteiger partial charge in [-0.25, -0.2) is 0 Å². The van der Waals surface area contributed by atoms with Crippen LogP contribution in [-0.4, -0.2) is 64.1 Å². The van der Waals surface area contributed by atoms with Crippen LogP contribution in [0.1, 0.15) is 41.0 Å². The normalized spacial score (nSPS) is 12.8. The van der Waals surface area contributed by atoms with Gasteiger partial charge in [-0.15, -0.1) is 0 Å². The first-order chi connectivity index (χ1) is 10.7. The van der Waals surface area contributed by atoms with E-state index in [1.807, 2.05) is 34.6 Å². The molecule has 0 radical (unpaired) electrons. The van der Waals surface area contributed by atoms with Crippen molar-refractivity contribution in [3.63, 3.8) is 0 Å². The predicted molar refractivity (Wildman–Crippen MR) is 91.6 cm³/mol. The van der Waals surface area contributed by atoms with E-state index in [0.717, 1.165) is 12.5 Å². The van der Waals surface area contributed by atoms with E-state index < -0.39 is 18.6 Å². The average Bonchev–Trinajstić information content (AvgIpc) is 2.48. The van der Waals surface area contributed by atoms with Crippen molar-refractivity contribution in [1.29, 1.82) is 0 Å². The summed E-state index contributed by atoms with van der Waals surface area (Å²) in [6.07, 6.45) is 0.865. The maximum Gasteiger partial charge on any atom is 0.501 e. The van der Waals surface area contributed by atoms with Gasteiger partial charge >= 0.3 is 8.80 Å². The van der Waals surface area contributed by atoms with Crippen molar-refractivity contribution < 1.29 is 27.2 Å². The van der Waals surface area contributed by atoms with Gasteiger partial charge in [-0.2, -0.15) is 0 Å². The van der Waals surface area contributed by atoms with E-state index in [9.17, 15) is 0 Å². The van der Waals surface area contributed by atoms with Gasteiger partial charge in [0.2, 0.25) is 9.76 Å². The molecule has 0 aliphatic carbocycles. The van der Waals surface area contributed by atoms with Gasteiger partial charge in [-0.3, -0.25) is 0 Å². The molecular weight excluding hydrogens is 320 g/mol. The van der Waals surface area contributed by atoms with Gasteiger partial charge in [0, 0.05) is 45.7 Å². The fraction of sp³-hybridized carbons (Fsp3) is 1.00. The minimum Gasteiger partial charge on any atom is -0.418 e. The molecule has 0 aromatic heterocycles. The molecule has 6 nitrogen and oxygen atoms in total. The van der Waals surface area contributed by atoms with Gasteiger partial charge in [-0.05, 0) is 41.0 Å². The van der Waals surface area contributed by atoms with Gasteiger partial charge in [0.25, 0.3) is 0 Å². The van der Waals surface area contributed by atoms with E-state index in [-0.39, 0.29) is 5.91 Å². The molecule has 0 saturated heterocycles. The Kier molecular flexibility index (Phi) is 14.9. The number of rotatable bonds is 16. The molecule has 0 rings (SSSR count). The summed E-state index contributed by atoms with van der Waals surface area (Å²) in [5.74, 6) is -0.150. The molecule has 0 aliphatic heterocycles. The molecule has 134 valence electrons. The van der Waals surface area contributed by atoms with E-state index >= 15 is 0 Å². The van der Waals surface area contributed by atoms with Crippen LogP contribution in [0.4, 0.5) is 0 Å². The smallest absolute Gasteiger partial charge is 0.418 e. The van der Waals surface area contributed by atoms with Crippen molar-refractivity contribution in [1.82, 2.24) is 0 Å². The summed E-state index contributed by atoms with van der Waals surface area (Å²) in [5, 5.41) is 0. The van der Waals surface area contributed by atoms with Crippen molar-refractivity contribution in [3.8, 4) is 0 Å². The SMILES string of the molecule is CCOC(OCC)[SiH2]OCCC[Si](OCC)(OCC)OCC. The molecule has 0 aromatic rings. The van der Waals surface area contributed by atoms with Gasteiger partial charge in [-0.1, -0.05) is 0 Å². The second kappa shape index (κ2) is 14.8. The molecule has 0 aliphatic rings. The summed E-state index contributed by atoms with van der Waals surface area (Å²) in [6, 6.07) is 0.783. The average molecular weight is 355 g/mol. The highest BCUT2D eigenvalue weighted by Gasteiger charge is 2.39. The zero-order valence-electron chi connectivity index (χ0n) is 14.9. The van der Waals surface area contributed by atoms with Crippen molar-refractivity contribution in [2.75, 3.05) is 39.6 Å². The summed E-state index contributed by atoms with van der Waals surface area (Å²) in [4.78, 5) is 0. The van der Waals surface area contributed by atoms with Gasteiger partial charge in [0.05, 0.1) is 0 Å². The third-order valence-electron chi connectivity index (χ3n) is 2.82. The summed E-state index contributed by atoms with van der Waals surface area (Å²) >= 11 is 0. The first kappa shape index (κ1) is 22.2. The van der Waals surface area contributed by atoms with Crippen molar-refractivity contribution in [2.24, 2.45) is 0 Å². The number of ether oxygens (including phenoxy) is 2. The van der Waals surface area contributed by atoms with Gasteiger partial charge in [0.15, 0.2) is 5.91 Å². The zero-order chi connectivity index (χ0) is 16.7. The summed E-state index contributed by atoms with van der Waals surface area (Å²) < 4.78 is 34.2. The second-order valence-electron chi connectivity index (χ2n) is 4.50. The lowest BCUT2D eigenvalue weighted by Crippen LogP contribution is -2.46. The van der Waals surface area contributed by atoms with Gasteiger partial charge in [0.1, 0.15) is 0 Å². The molecule has 0 fully saturated rings. The highest BCUT2D eigenvalue weighted by Crippen LogP contribution is 2.18. The molecule has 0 amide bonds. The topological polar surface area (TPSA) is 55.4 Å². The molecule has 0 atom stereocenters. The van der Waals surface area contributed by atoms with Crippen molar-refractivity contribution in [2.45, 2.75) is 53.0 Å². The second-order valence-corrected chi connectivity index (χ2v) is 8.64. The molecule has 8 heteroatoms. The monoisotopic (exact) mass is 354 g/mol. The van der Waals surface area contributed by atoms with Crippen LogP contribution in [0.25, 0.3) is 0 Å². The molecule has 22 heavy (non-hydrogen) atoms. The summed E-state index contributed by atoms with van der Waals surface area (Å²) in [6.45, 7) is 13.6. The maximum atomic E-state index is 5.82. The molecule has 0 spiro atoms. The Balaban J connectivity index is 4.09. The molecule has 0 aromatic carbocycles. The third kappa shape index (κ3) is 10.1. The Bertz CT molecular complexity index is 222. The first-order valence-corrected chi connectivity index (χ1v) is 11.7. The lowest BCUT2D eigenvalue weighted by Gasteiger charge is -2.28. The quantitative estimate of drug-likeness (QED) is 0.240. The van der Waals surface area contributed by atoms with Crippen LogP contribution in [-0.2, 0) is 27.2 Å².